The maximum Gasteiger partial charge on any atom is 0.317 e. The van der Waals surface area contributed by atoms with E-state index < -0.39 is 17.9 Å². The molecule has 39 heavy (non-hydrogen) atoms. The molecule has 0 spiro atoms. The fourth-order valence-corrected chi connectivity index (χ4v) is 5.17. The first-order valence-corrected chi connectivity index (χ1v) is 13.1. The van der Waals surface area contributed by atoms with Crippen LogP contribution in [0.5, 0.6) is 0 Å². The van der Waals surface area contributed by atoms with Crippen LogP contribution in [0.4, 0.5) is 0 Å². The number of rotatable bonds is 11. The van der Waals surface area contributed by atoms with E-state index in [0.717, 1.165) is 0 Å². The van der Waals surface area contributed by atoms with Gasteiger partial charge in [0.25, 0.3) is 0 Å². The van der Waals surface area contributed by atoms with Gasteiger partial charge in [-0.3, -0.25) is 48.6 Å². The van der Waals surface area contributed by atoms with E-state index in [0.29, 0.717) is 37.2 Å². The molecule has 1 aromatic rings. The molecule has 0 aliphatic carbocycles. The number of carboxylic acid groups (broad SMARTS) is 3. The monoisotopic (exact) mass is 547 g/mol. The number of unbranched alkanes of at least 4 members (excludes halogenated alkanes) is 1. The molecule has 3 N–H and O–H groups in total. The summed E-state index contributed by atoms with van der Waals surface area (Å²) in [6, 6.07) is 5.00. The predicted octanol–water partition coefficient (Wildman–Crippen LogP) is 0.189. The molecule has 2 bridgehead atoms. The molecule has 214 valence electrons. The highest BCUT2D eigenvalue weighted by atomic mass is 16.4. The van der Waals surface area contributed by atoms with Crippen LogP contribution in [0.2, 0.25) is 0 Å². The third kappa shape index (κ3) is 9.37. The van der Waals surface area contributed by atoms with E-state index >= 15 is 0 Å². The molecule has 0 radical (unpaired) electrons. The van der Waals surface area contributed by atoms with Crippen molar-refractivity contribution >= 4 is 29.7 Å². The highest BCUT2D eigenvalue weighted by Crippen LogP contribution is 2.21. The van der Waals surface area contributed by atoms with Gasteiger partial charge < -0.3 is 15.3 Å². The maximum absolute atomic E-state index is 12.2. The summed E-state index contributed by atoms with van der Waals surface area (Å²) in [4.78, 5) is 70.4. The number of likely N-dealkylation sites (tertiary alicyclic amines) is 1. The molecule has 13 heteroatoms. The number of fused-ring (bicyclic) bond motifs is 2. The molecule has 2 unspecified atom stereocenters. The summed E-state index contributed by atoms with van der Waals surface area (Å²) in [5, 5.41) is 28.6. The average molecular weight is 548 g/mol. The van der Waals surface area contributed by atoms with Crippen molar-refractivity contribution in [2.75, 3.05) is 45.8 Å². The number of carbonyl (C=O) groups is 5. The molecule has 1 saturated heterocycles. The van der Waals surface area contributed by atoms with Gasteiger partial charge in [-0.1, -0.05) is 19.4 Å². The number of imide groups is 1. The zero-order valence-corrected chi connectivity index (χ0v) is 22.2. The molecule has 2 aliphatic heterocycles. The molecule has 2 amide bonds. The van der Waals surface area contributed by atoms with Crippen molar-refractivity contribution in [3.63, 3.8) is 0 Å². The molecule has 0 aromatic carbocycles. The summed E-state index contributed by atoms with van der Waals surface area (Å²) in [5.41, 5.74) is 1.27. The van der Waals surface area contributed by atoms with Crippen LogP contribution in [0.1, 0.15) is 44.0 Å². The number of amides is 2. The van der Waals surface area contributed by atoms with Gasteiger partial charge >= 0.3 is 17.9 Å². The van der Waals surface area contributed by atoms with Crippen LogP contribution in [0.25, 0.3) is 0 Å². The van der Waals surface area contributed by atoms with Crippen molar-refractivity contribution in [3.05, 3.63) is 29.6 Å². The van der Waals surface area contributed by atoms with Gasteiger partial charge in [-0.15, -0.1) is 0 Å². The molecule has 0 saturated carbocycles. The number of hydrogen-bond donors (Lipinski definition) is 3. The minimum absolute atomic E-state index is 0.178. The van der Waals surface area contributed by atoms with E-state index in [1.807, 2.05) is 0 Å². The Morgan fingerprint density at radius 2 is 1.51 bits per heavy atom. The van der Waals surface area contributed by atoms with Crippen LogP contribution in [-0.4, -0.2) is 121 Å². The van der Waals surface area contributed by atoms with Gasteiger partial charge in [0, 0.05) is 57.6 Å². The molecule has 3 rings (SSSR count). The van der Waals surface area contributed by atoms with Crippen molar-refractivity contribution in [2.45, 2.75) is 51.7 Å². The van der Waals surface area contributed by atoms with Crippen molar-refractivity contribution in [3.8, 4) is 0 Å². The Kier molecular flexibility index (Phi) is 10.9. The molecular formula is C26H37N5O8. The summed E-state index contributed by atoms with van der Waals surface area (Å²) in [6.07, 6.45) is 1.85. The Bertz CT molecular complexity index is 1070. The Morgan fingerprint density at radius 3 is 2.13 bits per heavy atom. The number of aliphatic carboxylic acids is 3. The molecule has 1 aromatic heterocycles. The molecule has 13 nitrogen and oxygen atoms in total. The Hall–Kier alpha value is -3.42. The Labute approximate surface area is 227 Å². The Balaban J connectivity index is 1.82. The first kappa shape index (κ1) is 30.1. The number of carboxylic acids is 3. The first-order chi connectivity index (χ1) is 18.5. The second-order valence-corrected chi connectivity index (χ2v) is 10.3. The molecule has 2 atom stereocenters. The van der Waals surface area contributed by atoms with Crippen LogP contribution in [0, 0.1) is 5.92 Å². The zero-order valence-electron chi connectivity index (χ0n) is 22.2. The molecule has 1 fully saturated rings. The number of hydrogen-bond acceptors (Lipinski definition) is 9. The summed E-state index contributed by atoms with van der Waals surface area (Å²) in [6.45, 7) is 2.51. The highest BCUT2D eigenvalue weighted by Gasteiger charge is 2.35. The largest absolute Gasteiger partial charge is 0.480 e. The van der Waals surface area contributed by atoms with Crippen LogP contribution >= 0.6 is 0 Å². The standard InChI is InChI=1S/C26H37N5O8/c1-18-11-22(32)31(26(18)39)8-3-2-7-21-14-29(16-24(35)36)10-9-28(15-23(33)34)12-19-5-4-6-20(27-19)13-30(21)17-25(37)38/h4-6,18,21H,2-3,7-17H2,1H3,(H,33,34)(H,35,36)(H,37,38). The van der Waals surface area contributed by atoms with Crippen LogP contribution in [-0.2, 0) is 37.1 Å². The summed E-state index contributed by atoms with van der Waals surface area (Å²) < 4.78 is 0. The predicted molar refractivity (Wildman–Crippen MR) is 137 cm³/mol. The highest BCUT2D eigenvalue weighted by molar-refractivity contribution is 6.03. The van der Waals surface area contributed by atoms with Crippen molar-refractivity contribution in [1.29, 1.82) is 0 Å². The van der Waals surface area contributed by atoms with Gasteiger partial charge in [0.2, 0.25) is 11.8 Å². The maximum atomic E-state index is 12.2. The second-order valence-electron chi connectivity index (χ2n) is 10.3. The lowest BCUT2D eigenvalue weighted by atomic mass is 10.1. The van der Waals surface area contributed by atoms with Gasteiger partial charge in [-0.05, 0) is 25.0 Å². The average Bonchev–Trinajstić information content (AvgIpc) is 3.08. The molecule has 2 aliphatic rings. The first-order valence-electron chi connectivity index (χ1n) is 13.1. The Morgan fingerprint density at radius 1 is 0.897 bits per heavy atom. The normalized spacial score (nSPS) is 21.9. The fourth-order valence-electron chi connectivity index (χ4n) is 5.17. The second kappa shape index (κ2) is 14.1. The summed E-state index contributed by atoms with van der Waals surface area (Å²) in [7, 11) is 0. The third-order valence-electron chi connectivity index (χ3n) is 7.03. The minimum atomic E-state index is -1.04. The SMILES string of the molecule is CC1CC(=O)N(CCCCC2CN(CC(=O)O)CCN(CC(=O)O)Cc3cccc(n3)CN2CC(=O)O)C1=O. The van der Waals surface area contributed by atoms with E-state index in [2.05, 4.69) is 4.98 Å². The number of nitrogens with zero attached hydrogens (tertiary/aromatic N) is 5. The van der Waals surface area contributed by atoms with E-state index in [1.54, 1.807) is 39.8 Å². The topological polar surface area (TPSA) is 172 Å². The number of carbonyl (C=O) groups excluding carboxylic acids is 2. The van der Waals surface area contributed by atoms with E-state index in [9.17, 15) is 39.3 Å². The van der Waals surface area contributed by atoms with E-state index in [-0.39, 0.29) is 82.6 Å². The van der Waals surface area contributed by atoms with Crippen LogP contribution in [0.3, 0.4) is 0 Å². The number of aromatic nitrogens is 1. The van der Waals surface area contributed by atoms with Crippen LogP contribution < -0.4 is 0 Å². The van der Waals surface area contributed by atoms with Crippen LogP contribution in [0.15, 0.2) is 18.2 Å². The van der Waals surface area contributed by atoms with Gasteiger partial charge in [-0.2, -0.15) is 0 Å². The number of pyridine rings is 1. The van der Waals surface area contributed by atoms with Crippen molar-refractivity contribution in [1.82, 2.24) is 24.6 Å². The smallest absolute Gasteiger partial charge is 0.317 e. The fraction of sp³-hybridized carbons (Fsp3) is 0.615. The third-order valence-corrected chi connectivity index (χ3v) is 7.03. The minimum Gasteiger partial charge on any atom is -0.480 e. The quantitative estimate of drug-likeness (QED) is 0.254. The summed E-state index contributed by atoms with van der Waals surface area (Å²) in [5.74, 6) is -3.75. The molecular weight excluding hydrogens is 510 g/mol. The van der Waals surface area contributed by atoms with E-state index in [1.165, 1.54) is 4.90 Å². The lowest BCUT2D eigenvalue weighted by Crippen LogP contribution is -2.49. The zero-order chi connectivity index (χ0) is 28.5. The van der Waals surface area contributed by atoms with Gasteiger partial charge in [0.15, 0.2) is 0 Å². The summed E-state index contributed by atoms with van der Waals surface area (Å²) >= 11 is 0. The van der Waals surface area contributed by atoms with Crippen molar-refractivity contribution < 1.29 is 39.3 Å². The molecule has 3 heterocycles. The van der Waals surface area contributed by atoms with Gasteiger partial charge in [0.05, 0.1) is 31.0 Å². The lowest BCUT2D eigenvalue weighted by molar-refractivity contribution is -0.141. The van der Waals surface area contributed by atoms with E-state index in [4.69, 9.17) is 0 Å². The van der Waals surface area contributed by atoms with Gasteiger partial charge in [-0.25, -0.2) is 0 Å². The van der Waals surface area contributed by atoms with Gasteiger partial charge in [0.1, 0.15) is 0 Å². The van der Waals surface area contributed by atoms with Crippen molar-refractivity contribution in [2.24, 2.45) is 5.92 Å². The lowest BCUT2D eigenvalue weighted by Gasteiger charge is -2.36.